The van der Waals surface area contributed by atoms with Crippen molar-refractivity contribution >= 4 is 28.5 Å². The predicted octanol–water partition coefficient (Wildman–Crippen LogP) is 2.22. The maximum atomic E-state index is 5.86. The second kappa shape index (κ2) is 4.51. The molecule has 98 valence electrons. The van der Waals surface area contributed by atoms with Gasteiger partial charge in [0.15, 0.2) is 5.65 Å². The van der Waals surface area contributed by atoms with E-state index in [9.17, 15) is 0 Å². The van der Waals surface area contributed by atoms with E-state index in [2.05, 4.69) is 30.6 Å². The van der Waals surface area contributed by atoms with Gasteiger partial charge in [0, 0.05) is 12.1 Å². The third kappa shape index (κ3) is 2.12. The Bertz CT molecular complexity index is 714. The number of nitrogens with one attached hydrogen (secondary N) is 2. The van der Waals surface area contributed by atoms with E-state index in [0.29, 0.717) is 18.0 Å². The van der Waals surface area contributed by atoms with Gasteiger partial charge >= 0.3 is 0 Å². The number of anilines is 1. The van der Waals surface area contributed by atoms with Gasteiger partial charge in [0.25, 0.3) is 0 Å². The van der Waals surface area contributed by atoms with Crippen LogP contribution >= 0.6 is 11.6 Å². The minimum Gasteiger partial charge on any atom is -0.365 e. The quantitative estimate of drug-likeness (QED) is 0.714. The number of aryl methyl sites for hydroxylation is 2. The Hall–Kier alpha value is -2.15. The smallest absolute Gasteiger partial charge is 0.226 e. The average molecular weight is 279 g/mol. The van der Waals surface area contributed by atoms with E-state index < -0.39 is 0 Å². The fourth-order valence-electron chi connectivity index (χ4n) is 1.87. The monoisotopic (exact) mass is 278 g/mol. The lowest BCUT2D eigenvalue weighted by Crippen LogP contribution is -2.04. The Morgan fingerprint density at radius 1 is 1.37 bits per heavy atom. The Morgan fingerprint density at radius 2 is 2.21 bits per heavy atom. The molecule has 3 heterocycles. The highest BCUT2D eigenvalue weighted by atomic mass is 35.5. The number of halogens is 1. The number of aromatic nitrogens is 5. The van der Waals surface area contributed by atoms with Crippen LogP contribution in [0, 0.1) is 13.8 Å². The molecule has 3 rings (SSSR count). The van der Waals surface area contributed by atoms with E-state index in [1.807, 2.05) is 13.8 Å². The van der Waals surface area contributed by atoms with Crippen molar-refractivity contribution in [3.8, 4) is 0 Å². The van der Waals surface area contributed by atoms with Gasteiger partial charge in [0.2, 0.25) is 5.28 Å². The summed E-state index contributed by atoms with van der Waals surface area (Å²) in [5.74, 6) is 1.41. The first-order valence-electron chi connectivity index (χ1n) is 5.67. The molecule has 2 N–H and O–H groups in total. The van der Waals surface area contributed by atoms with Crippen molar-refractivity contribution in [2.45, 2.75) is 20.4 Å². The molecule has 0 aliphatic rings. The van der Waals surface area contributed by atoms with Gasteiger partial charge in [-0.3, -0.25) is 5.10 Å². The minimum absolute atomic E-state index is 0.165. The van der Waals surface area contributed by atoms with Crippen LogP contribution in [0.4, 0.5) is 5.82 Å². The molecule has 0 saturated heterocycles. The highest BCUT2D eigenvalue weighted by molar-refractivity contribution is 6.28. The summed E-state index contributed by atoms with van der Waals surface area (Å²) < 4.78 is 5.11. The summed E-state index contributed by atoms with van der Waals surface area (Å²) in [5, 5.41) is 14.7. The van der Waals surface area contributed by atoms with Gasteiger partial charge in [-0.25, -0.2) is 0 Å². The molecule has 8 heteroatoms. The van der Waals surface area contributed by atoms with Crippen LogP contribution in [0.25, 0.3) is 11.0 Å². The van der Waals surface area contributed by atoms with Crippen molar-refractivity contribution < 1.29 is 4.52 Å². The maximum absolute atomic E-state index is 5.86. The van der Waals surface area contributed by atoms with Crippen molar-refractivity contribution in [3.63, 3.8) is 0 Å². The number of aromatic amines is 1. The standard InChI is InChI=1S/C11H11ClN6O/c1-5-7(6(2)19-18-5)3-13-9-8-4-14-17-10(8)16-11(12)15-9/h4H,3H2,1-2H3,(H2,13,14,15,16,17). The van der Waals surface area contributed by atoms with Crippen LogP contribution in [-0.4, -0.2) is 25.3 Å². The van der Waals surface area contributed by atoms with Gasteiger partial charge in [-0.2, -0.15) is 15.1 Å². The molecule has 3 aromatic rings. The Morgan fingerprint density at radius 3 is 2.95 bits per heavy atom. The van der Waals surface area contributed by atoms with Crippen LogP contribution in [0.1, 0.15) is 17.0 Å². The van der Waals surface area contributed by atoms with Gasteiger partial charge in [-0.1, -0.05) is 5.16 Å². The molecular weight excluding hydrogens is 268 g/mol. The fourth-order valence-corrected chi connectivity index (χ4v) is 2.04. The highest BCUT2D eigenvalue weighted by Gasteiger charge is 2.12. The van der Waals surface area contributed by atoms with Crippen molar-refractivity contribution in [1.29, 1.82) is 0 Å². The van der Waals surface area contributed by atoms with Crippen molar-refractivity contribution in [1.82, 2.24) is 25.3 Å². The van der Waals surface area contributed by atoms with Gasteiger partial charge in [-0.15, -0.1) is 0 Å². The molecule has 0 fully saturated rings. The van der Waals surface area contributed by atoms with E-state index >= 15 is 0 Å². The van der Waals surface area contributed by atoms with Crippen LogP contribution in [0.3, 0.4) is 0 Å². The first-order chi connectivity index (χ1) is 9.15. The maximum Gasteiger partial charge on any atom is 0.226 e. The van der Waals surface area contributed by atoms with Crippen LogP contribution < -0.4 is 5.32 Å². The summed E-state index contributed by atoms with van der Waals surface area (Å²) in [6, 6.07) is 0. The molecule has 3 aromatic heterocycles. The molecule has 0 bridgehead atoms. The second-order valence-electron chi connectivity index (χ2n) is 4.13. The zero-order valence-corrected chi connectivity index (χ0v) is 11.1. The first-order valence-corrected chi connectivity index (χ1v) is 6.05. The van der Waals surface area contributed by atoms with Crippen LogP contribution in [0.15, 0.2) is 10.7 Å². The van der Waals surface area contributed by atoms with E-state index in [1.165, 1.54) is 0 Å². The highest BCUT2D eigenvalue weighted by Crippen LogP contribution is 2.21. The number of hydrogen-bond donors (Lipinski definition) is 2. The SMILES string of the molecule is Cc1noc(C)c1CNc1nc(Cl)nc2[nH]ncc12. The van der Waals surface area contributed by atoms with Crippen molar-refractivity contribution in [2.75, 3.05) is 5.32 Å². The Kier molecular flexibility index (Phi) is 2.83. The number of hydrogen-bond acceptors (Lipinski definition) is 6. The van der Waals surface area contributed by atoms with Crippen LogP contribution in [-0.2, 0) is 6.54 Å². The summed E-state index contributed by atoms with van der Waals surface area (Å²) in [6.07, 6.45) is 1.65. The zero-order chi connectivity index (χ0) is 13.4. The molecule has 0 aliphatic carbocycles. The van der Waals surface area contributed by atoms with Crippen LogP contribution in [0.5, 0.6) is 0 Å². The number of nitrogens with zero attached hydrogens (tertiary/aromatic N) is 4. The molecule has 0 unspecified atom stereocenters. The van der Waals surface area contributed by atoms with Crippen molar-refractivity contribution in [3.05, 3.63) is 28.5 Å². The lowest BCUT2D eigenvalue weighted by Gasteiger charge is -2.06. The van der Waals surface area contributed by atoms with E-state index in [4.69, 9.17) is 16.1 Å². The number of H-pyrrole nitrogens is 1. The Balaban J connectivity index is 1.91. The summed E-state index contributed by atoms with van der Waals surface area (Å²) in [5.41, 5.74) is 2.46. The second-order valence-corrected chi connectivity index (χ2v) is 4.47. The minimum atomic E-state index is 0.165. The molecular formula is C11H11ClN6O. The third-order valence-electron chi connectivity index (χ3n) is 2.90. The normalized spacial score (nSPS) is 11.1. The number of fused-ring (bicyclic) bond motifs is 1. The molecule has 0 aliphatic heterocycles. The zero-order valence-electron chi connectivity index (χ0n) is 10.4. The van der Waals surface area contributed by atoms with Crippen LogP contribution in [0.2, 0.25) is 5.28 Å². The third-order valence-corrected chi connectivity index (χ3v) is 3.07. The predicted molar refractivity (Wildman–Crippen MR) is 70.0 cm³/mol. The fraction of sp³-hybridized carbons (Fsp3) is 0.273. The van der Waals surface area contributed by atoms with Gasteiger partial charge in [0.1, 0.15) is 11.6 Å². The molecule has 0 amide bonds. The molecule has 19 heavy (non-hydrogen) atoms. The van der Waals surface area contributed by atoms with Gasteiger partial charge in [0.05, 0.1) is 17.3 Å². The molecule has 0 saturated carbocycles. The Labute approximate surface area is 113 Å². The molecule has 0 spiro atoms. The molecule has 0 atom stereocenters. The lowest BCUT2D eigenvalue weighted by molar-refractivity contribution is 0.392. The largest absolute Gasteiger partial charge is 0.365 e. The lowest BCUT2D eigenvalue weighted by atomic mass is 10.2. The molecule has 7 nitrogen and oxygen atoms in total. The van der Waals surface area contributed by atoms with E-state index in [-0.39, 0.29) is 5.28 Å². The first kappa shape index (κ1) is 11.9. The topological polar surface area (TPSA) is 92.5 Å². The molecule has 0 radical (unpaired) electrons. The summed E-state index contributed by atoms with van der Waals surface area (Å²) in [4.78, 5) is 8.21. The van der Waals surface area contributed by atoms with E-state index in [1.54, 1.807) is 6.20 Å². The summed E-state index contributed by atoms with van der Waals surface area (Å²) >= 11 is 5.86. The number of rotatable bonds is 3. The molecule has 0 aromatic carbocycles. The summed E-state index contributed by atoms with van der Waals surface area (Å²) in [6.45, 7) is 4.32. The van der Waals surface area contributed by atoms with Gasteiger partial charge in [-0.05, 0) is 25.4 Å². The van der Waals surface area contributed by atoms with E-state index in [0.717, 1.165) is 22.4 Å². The average Bonchev–Trinajstić information content (AvgIpc) is 2.95. The van der Waals surface area contributed by atoms with Gasteiger partial charge < -0.3 is 9.84 Å². The van der Waals surface area contributed by atoms with Crippen molar-refractivity contribution in [2.24, 2.45) is 0 Å². The summed E-state index contributed by atoms with van der Waals surface area (Å²) in [7, 11) is 0.